The first kappa shape index (κ1) is 1.45. The van der Waals surface area contributed by atoms with Crippen LogP contribution in [-0.4, -0.2) is 24.3 Å². The Morgan fingerprint density at radius 2 is 3.14 bits per heavy atom. The number of rotatable bonds is 1. The molecule has 1 saturated heterocycles. The molecule has 0 spiro atoms. The van der Waals surface area contributed by atoms with Crippen molar-refractivity contribution in [3.05, 3.63) is 0 Å². The maximum atomic E-state index is 8.81. The highest BCUT2D eigenvalue weighted by molar-refractivity contribution is 4.71. The minimum absolute atomic E-state index is 0.451. The lowest BCUT2D eigenvalue weighted by molar-refractivity contribution is 0.255. The molecule has 0 amide bonds. The Kier molecular flexibility index (Phi) is 0.474. The van der Waals surface area contributed by atoms with E-state index in [2.05, 4.69) is 0 Å². The second-order valence-corrected chi connectivity index (χ2v) is 1.22. The molecule has 1 atom stereocenters. The van der Waals surface area contributed by atoms with Crippen molar-refractivity contribution in [2.24, 2.45) is 0 Å². The molecule has 0 bridgehead atoms. The first-order valence-corrected chi connectivity index (χ1v) is 2.06. The number of aliphatic hydroxyl groups is 1. The van der Waals surface area contributed by atoms with E-state index in [1.807, 2.05) is 0 Å². The zero-order valence-electron chi connectivity index (χ0n) is 9.81. The Hall–Kier alpha value is -0.0800. The summed E-state index contributed by atoms with van der Waals surface area (Å²) in [5.41, 5.74) is 0. The number of nitrogens with one attached hydrogen (secondary N) is 1. The van der Waals surface area contributed by atoms with Crippen LogP contribution in [0.5, 0.6) is 0 Å². The van der Waals surface area contributed by atoms with Crippen molar-refractivity contribution in [2.45, 2.75) is 18.8 Å². The fraction of sp³-hybridized carbons (Fsp3) is 1.00. The topological polar surface area (TPSA) is 32.3 Å². The third-order valence-electron chi connectivity index (χ3n) is 0.731. The molecule has 0 aliphatic carbocycles. The summed E-state index contributed by atoms with van der Waals surface area (Å²) >= 11 is 0. The maximum Gasteiger partial charge on any atom is 0.123 e. The average molecular weight is 107 g/mol. The van der Waals surface area contributed by atoms with Gasteiger partial charge in [-0.2, -0.15) is 0 Å². The van der Waals surface area contributed by atoms with Crippen molar-refractivity contribution < 1.29 is 13.4 Å². The van der Waals surface area contributed by atoms with Crippen LogP contribution in [0.2, 0.25) is 1.41 Å². The van der Waals surface area contributed by atoms with Crippen LogP contribution < -0.4 is 5.31 Å². The van der Waals surface area contributed by atoms with Gasteiger partial charge in [0, 0.05) is 12.9 Å². The summed E-state index contributed by atoms with van der Waals surface area (Å²) in [6.07, 6.45) is -4.82. The summed E-state index contributed by atoms with van der Waals surface area (Å²) in [4.78, 5) is 0. The number of aliphatic hydroxyl groups excluding tert-OH is 1. The van der Waals surface area contributed by atoms with Gasteiger partial charge in [0.1, 0.15) is 1.41 Å². The van der Waals surface area contributed by atoms with E-state index in [-0.39, 0.29) is 0 Å². The van der Waals surface area contributed by atoms with Crippen molar-refractivity contribution in [2.75, 3.05) is 13.2 Å². The summed E-state index contributed by atoms with van der Waals surface area (Å²) in [5, 5.41) is 9.26. The Bertz CT molecular complexity index is 218. The van der Waals surface area contributed by atoms with E-state index in [0.29, 0.717) is 5.31 Å². The van der Waals surface area contributed by atoms with E-state index >= 15 is 0 Å². The lowest BCUT2D eigenvalue weighted by Crippen LogP contribution is -2.24. The summed E-state index contributed by atoms with van der Waals surface area (Å²) in [6, 6.07) is -2.21. The molecular formula is C5H11NO. The molecule has 0 aromatic carbocycles. The summed E-state index contributed by atoms with van der Waals surface area (Å²) < 4.78 is 43.9. The first-order chi connectivity index (χ1) is 5.69. The Balaban J connectivity index is 3.13. The van der Waals surface area contributed by atoms with Crippen LogP contribution in [0.25, 0.3) is 0 Å². The van der Waals surface area contributed by atoms with Crippen LogP contribution in [-0.2, 0) is 0 Å². The summed E-state index contributed by atoms with van der Waals surface area (Å²) in [5.74, 6) is 0. The molecule has 0 aromatic rings. The van der Waals surface area contributed by atoms with Gasteiger partial charge in [0.25, 0.3) is 0 Å². The van der Waals surface area contributed by atoms with Crippen molar-refractivity contribution in [1.82, 2.24) is 5.31 Å². The zero-order valence-corrected chi connectivity index (χ0v) is 3.81. The van der Waals surface area contributed by atoms with Gasteiger partial charge in [-0.15, -0.1) is 0 Å². The Morgan fingerprint density at radius 3 is 3.43 bits per heavy atom. The molecule has 1 rings (SSSR count). The molecule has 2 N–H and O–H groups in total. The normalized spacial score (nSPS) is 71.6. The smallest absolute Gasteiger partial charge is 0.123 e. The molecule has 0 unspecified atom stereocenters. The second kappa shape index (κ2) is 2.28. The molecule has 0 aromatic heterocycles. The molecule has 1 fully saturated rings. The van der Waals surface area contributed by atoms with Crippen LogP contribution in [0.1, 0.15) is 19.6 Å². The van der Waals surface area contributed by atoms with Gasteiger partial charge >= 0.3 is 0 Å². The Morgan fingerprint density at radius 1 is 2.29 bits per heavy atom. The molecule has 2 heteroatoms. The van der Waals surface area contributed by atoms with Crippen LogP contribution in [0, 0.1) is 0 Å². The van der Waals surface area contributed by atoms with Crippen LogP contribution >= 0.6 is 0 Å². The molecule has 2 nitrogen and oxygen atoms in total. The van der Waals surface area contributed by atoms with Gasteiger partial charge in [-0.25, -0.2) is 0 Å². The average Bonchev–Trinajstić information content (AvgIpc) is 2.10. The zero-order chi connectivity index (χ0) is 10.5. The third-order valence-corrected chi connectivity index (χ3v) is 0.731. The first-order valence-electron chi connectivity index (χ1n) is 5.01. The highest BCUT2D eigenvalue weighted by atomic mass is 16.3. The molecule has 0 saturated carbocycles. The van der Waals surface area contributed by atoms with Crippen LogP contribution in [0.15, 0.2) is 0 Å². The van der Waals surface area contributed by atoms with Gasteiger partial charge in [-0.3, -0.25) is 0 Å². The summed E-state index contributed by atoms with van der Waals surface area (Å²) in [6.45, 7) is -1.41. The lowest BCUT2D eigenvalue weighted by Gasteiger charge is -2.01. The number of hydrogen-bond donors (Lipinski definition) is 2. The quantitative estimate of drug-likeness (QED) is 0.483. The predicted octanol–water partition coefficient (Wildman–Crippen LogP) is -0.269. The van der Waals surface area contributed by atoms with Gasteiger partial charge < -0.3 is 10.4 Å². The standard InChI is InChI=1S/C5H11NO/c7-4-5-2-1-3-6-5/h5-7H,1-4H2/t5-/m0/s1/i1D2,2D2,5D/hD. The van der Waals surface area contributed by atoms with Crippen LogP contribution in [0.4, 0.5) is 0 Å². The maximum absolute atomic E-state index is 8.81. The van der Waals surface area contributed by atoms with Crippen molar-refractivity contribution in [3.63, 3.8) is 0 Å². The molecular weight excluding hydrogens is 90.1 g/mol. The highest BCUT2D eigenvalue weighted by Gasteiger charge is 2.10. The van der Waals surface area contributed by atoms with Gasteiger partial charge in [-0.1, -0.05) is 0 Å². The van der Waals surface area contributed by atoms with E-state index in [4.69, 9.17) is 13.4 Å². The van der Waals surface area contributed by atoms with Crippen molar-refractivity contribution in [3.8, 4) is 0 Å². The van der Waals surface area contributed by atoms with E-state index in [1.165, 1.54) is 0 Å². The van der Waals surface area contributed by atoms with Crippen molar-refractivity contribution >= 4 is 0 Å². The number of hydrogen-bond acceptors (Lipinski definition) is 2. The van der Waals surface area contributed by atoms with Gasteiger partial charge in [0.15, 0.2) is 0 Å². The monoisotopic (exact) mass is 107 g/mol. The van der Waals surface area contributed by atoms with Gasteiger partial charge in [0.05, 0.1) is 6.61 Å². The van der Waals surface area contributed by atoms with Crippen LogP contribution in [0.3, 0.4) is 0 Å². The predicted molar refractivity (Wildman–Crippen MR) is 28.1 cm³/mol. The minimum atomic E-state index is -2.55. The van der Waals surface area contributed by atoms with E-state index in [1.54, 1.807) is 0 Å². The van der Waals surface area contributed by atoms with E-state index in [0.717, 1.165) is 0 Å². The molecule has 1 aliphatic heterocycles. The highest BCUT2D eigenvalue weighted by Crippen LogP contribution is 2.02. The molecule has 0 radical (unpaired) electrons. The SMILES string of the molecule is [2H]N1CC([2H])([2H])C([2H])([2H])[C@@]1([2H])CO. The molecule has 42 valence electrons. The summed E-state index contributed by atoms with van der Waals surface area (Å²) in [7, 11) is 0. The molecule has 1 aliphatic rings. The fourth-order valence-electron chi connectivity index (χ4n) is 0.406. The minimum Gasteiger partial charge on any atom is -0.395 e. The van der Waals surface area contributed by atoms with E-state index < -0.39 is 31.9 Å². The second-order valence-electron chi connectivity index (χ2n) is 1.22. The fourth-order valence-corrected chi connectivity index (χ4v) is 0.406. The molecule has 7 heavy (non-hydrogen) atoms. The van der Waals surface area contributed by atoms with E-state index in [9.17, 15) is 0 Å². The molecule has 1 heterocycles. The van der Waals surface area contributed by atoms with Gasteiger partial charge in [0.2, 0.25) is 0 Å². The largest absolute Gasteiger partial charge is 0.395 e. The lowest BCUT2D eigenvalue weighted by atomic mass is 10.2. The van der Waals surface area contributed by atoms with Gasteiger partial charge in [-0.05, 0) is 19.3 Å². The Labute approximate surface area is 52.0 Å². The third kappa shape index (κ3) is 1.14. The van der Waals surface area contributed by atoms with Crippen molar-refractivity contribution in [1.29, 1.82) is 0 Å².